The van der Waals surface area contributed by atoms with Gasteiger partial charge < -0.3 is 58.3 Å². The van der Waals surface area contributed by atoms with Gasteiger partial charge in [-0.3, -0.25) is 38.4 Å². The van der Waals surface area contributed by atoms with Crippen molar-refractivity contribution in [3.63, 3.8) is 0 Å². The van der Waals surface area contributed by atoms with E-state index in [1.807, 2.05) is 39.0 Å². The van der Waals surface area contributed by atoms with Gasteiger partial charge >= 0.3 is 0 Å². The molecule has 0 radical (unpaired) electrons. The fraction of sp³-hybridized carbons (Fsp3) is 0.103. The van der Waals surface area contributed by atoms with Gasteiger partial charge in [0.15, 0.2) is 51.9 Å². The van der Waals surface area contributed by atoms with Gasteiger partial charge in [-0.25, -0.2) is 30.7 Å². The molecule has 0 amide bonds. The molecule has 16 rings (SSSR count). The number of carbonyl (C=O) groups excluding carboxylic acids is 8. The van der Waals surface area contributed by atoms with E-state index >= 15 is 0 Å². The first kappa shape index (κ1) is 99.4. The maximum Gasteiger partial charge on any atom is 0.297 e. The number of benzene rings is 12. The summed E-state index contributed by atoms with van der Waals surface area (Å²) in [6.45, 7) is 20.0. The number of thiophene rings is 4. The summed E-state index contributed by atoms with van der Waals surface area (Å²) in [6, 6.07) is 44.1. The molecule has 4 aromatic heterocycles. The van der Waals surface area contributed by atoms with Gasteiger partial charge in [-0.05, 0) is 354 Å². The van der Waals surface area contributed by atoms with Gasteiger partial charge in [-0.2, -0.15) is 0 Å². The Bertz CT molecular complexity index is 7120. The highest BCUT2D eigenvalue weighted by atomic mass is 32.1. The van der Waals surface area contributed by atoms with Crippen LogP contribution in [-0.4, -0.2) is 69.4 Å². The van der Waals surface area contributed by atoms with Crippen LogP contribution in [-0.2, 0) is 38.1 Å². The summed E-state index contributed by atoms with van der Waals surface area (Å²) in [5, 5.41) is 42.0. The second-order valence-electron chi connectivity index (χ2n) is 31.3. The smallest absolute Gasteiger partial charge is 0.297 e. The number of phenolic OH excluding ortho intramolecular Hbond substituents is 4. The zero-order chi connectivity index (χ0) is 99.4. The van der Waals surface area contributed by atoms with Crippen LogP contribution in [0.4, 0.5) is 30.7 Å². The highest BCUT2D eigenvalue weighted by molar-refractivity contribution is 7.22. The normalized spacial score (nSPS) is 11.2. The average Bonchev–Trinajstić information content (AvgIpc) is 1.62. The summed E-state index contributed by atoms with van der Waals surface area (Å²) >= 11 is 4.51. The summed E-state index contributed by atoms with van der Waals surface area (Å²) in [4.78, 5) is 96.6. The van der Waals surface area contributed by atoms with Crippen LogP contribution in [0.15, 0.2) is 207 Å². The summed E-state index contributed by atoms with van der Waals surface area (Å²) < 4.78 is 145. The Labute approximate surface area is 799 Å². The monoisotopic (exact) mass is 1940 g/mol. The molecule has 700 valence electrons. The summed E-state index contributed by atoms with van der Waals surface area (Å²) in [6.07, 6.45) is 10.5. The Kier molecular flexibility index (Phi) is 31.3. The van der Waals surface area contributed by atoms with Crippen molar-refractivity contribution in [1.29, 1.82) is 0 Å². The van der Waals surface area contributed by atoms with Gasteiger partial charge in [0.2, 0.25) is 23.1 Å². The van der Waals surface area contributed by atoms with Gasteiger partial charge in [-0.15, -0.1) is 45.3 Å². The largest absolute Gasteiger partial charge is 0.508 e. The average molecular weight is 1950 g/mol. The van der Waals surface area contributed by atoms with Crippen molar-refractivity contribution < 1.29 is 127 Å². The molecule has 0 spiro atoms. The minimum absolute atomic E-state index is 0.00769. The van der Waals surface area contributed by atoms with Crippen LogP contribution >= 0.6 is 45.3 Å². The van der Waals surface area contributed by atoms with E-state index < -0.39 is 58.0 Å². The van der Waals surface area contributed by atoms with E-state index in [1.54, 1.807) is 128 Å². The van der Waals surface area contributed by atoms with Gasteiger partial charge in [0, 0.05) is 62.6 Å². The Hall–Kier alpha value is -16.1. The van der Waals surface area contributed by atoms with Crippen molar-refractivity contribution >= 4 is 159 Å². The van der Waals surface area contributed by atoms with E-state index in [2.05, 4.69) is 18.9 Å². The molecule has 0 unspecified atom stereocenters. The lowest BCUT2D eigenvalue weighted by Gasteiger charge is -2.15. The van der Waals surface area contributed by atoms with E-state index in [9.17, 15) is 89.5 Å². The molecule has 0 saturated carbocycles. The summed E-state index contributed by atoms with van der Waals surface area (Å²) in [7, 11) is 0. The predicted molar refractivity (Wildman–Crippen MR) is 516 cm³/mol. The number of fused-ring (bicyclic) bond motifs is 4. The van der Waals surface area contributed by atoms with Crippen LogP contribution in [0.25, 0.3) is 64.6 Å². The number of hydrogen-bond acceptors (Lipinski definition) is 24. The lowest BCUT2D eigenvalue weighted by Crippen LogP contribution is -2.07. The molecule has 4 heterocycles. The minimum Gasteiger partial charge on any atom is -0.508 e. The molecule has 12 aromatic carbocycles. The molecule has 0 aliphatic carbocycles. The minimum atomic E-state index is -1.05. The third-order valence-corrected chi connectivity index (χ3v) is 25.8. The molecule has 0 saturated heterocycles. The van der Waals surface area contributed by atoms with E-state index in [4.69, 9.17) is 18.9 Å². The molecule has 4 N–H and O–H groups in total. The predicted octanol–water partition coefficient (Wildman–Crippen LogP) is 27.5. The van der Waals surface area contributed by atoms with Crippen LogP contribution in [0.3, 0.4) is 0 Å². The first-order valence-electron chi connectivity index (χ1n) is 41.5. The highest BCUT2D eigenvalue weighted by Crippen LogP contribution is 2.50. The SMILES string of the molecule is Cc1cc(/C=C/OC=O)cc(C)c1Oc1c(C(=O)c2c(C)cc(F)cc2C)sc2cc(O)ccc12.Cc1cc(/C=C/OC=O)ccc1Oc1c(C(=O)c2c(C)cc(F)cc2C)sc2cc(O)ccc12.Cc1cc(F)cc(C)c1C(=O)c1sc2cc(O)ccc2c1Oc1c(F)cc(/C=C/OC=O)cc1F.Cc1cc(F)cc(C)c1C(=O)c1sc2cc(O)ccc2c1Oc1ccc(/C=C/OC=O)cc1F. The first-order valence-corrected chi connectivity index (χ1v) is 44.7. The molecule has 0 bridgehead atoms. The van der Waals surface area contributed by atoms with E-state index in [-0.39, 0.29) is 85.6 Å². The number of hydrogen-bond donors (Lipinski definition) is 4. The second kappa shape index (κ2) is 43.5. The fourth-order valence-electron chi connectivity index (χ4n) is 15.4. The van der Waals surface area contributed by atoms with Gasteiger partial charge in [-0.1, -0.05) is 12.1 Å². The molecule has 0 fully saturated rings. The molecule has 20 nitrogen and oxygen atoms in total. The standard InChI is InChI=1S/C28H23FO5S.C27H21FO5S.C26H17F3O5S.C26H18F2O5S/c1-15-11-20(29)12-16(2)24(15)25(32)28-27(22-6-5-21(31)13-23(22)35-28)34-26-17(3)9-19(10-18(26)4)7-8-33-14-30;1-15-10-18(8-9-32-14-29)4-7-22(15)33-26-21-6-5-20(30)13-23(21)34-27(26)25(31)24-16(2)11-19(28)12-17(24)3;1-13-7-16(27)8-14(2)22(13)23(32)26-24(18-4-3-17(31)11-21(18)35-26)34-25-19(28)9-15(10-20(25)29)5-6-33-12-30;1-14-9-17(27)10-15(2)23(14)24(31)26-25(19-5-4-18(30)12-22(19)34-26)33-21-6-3-16(11-20(21)28)7-8-32-13-29/h5-14,31H,1-4H3;4-14,30H,1-3H3;3-12,31H,1-2H3;3-13,30H,1-2H3/b8-7+;9-8+;6-5+;8-7+. The first-order chi connectivity index (χ1) is 65.9. The summed E-state index contributed by atoms with van der Waals surface area (Å²) in [5.74, 6) is -4.79. The molecular formula is C107H79F7O20S4. The quantitative estimate of drug-likeness (QED) is 0.0116. The third-order valence-electron chi connectivity index (χ3n) is 21.3. The Morgan fingerprint density at radius 1 is 0.254 bits per heavy atom. The van der Waals surface area contributed by atoms with Crippen molar-refractivity contribution in [1.82, 2.24) is 0 Å². The van der Waals surface area contributed by atoms with Crippen LogP contribution in [0.2, 0.25) is 0 Å². The molecule has 31 heteroatoms. The highest BCUT2D eigenvalue weighted by Gasteiger charge is 2.32. The summed E-state index contributed by atoms with van der Waals surface area (Å²) in [5.41, 5.74) is 9.88. The maximum atomic E-state index is 14.8. The number of phenols is 4. The van der Waals surface area contributed by atoms with Crippen LogP contribution < -0.4 is 18.9 Å². The van der Waals surface area contributed by atoms with Crippen molar-refractivity contribution in [2.45, 2.75) is 76.2 Å². The number of aryl methyl sites for hydroxylation is 11. The van der Waals surface area contributed by atoms with Gasteiger partial charge in [0.25, 0.3) is 25.9 Å². The van der Waals surface area contributed by atoms with Crippen molar-refractivity contribution in [3.8, 4) is 69.0 Å². The van der Waals surface area contributed by atoms with E-state index in [0.29, 0.717) is 153 Å². The molecule has 0 aliphatic heterocycles. The van der Waals surface area contributed by atoms with Crippen molar-refractivity contribution in [3.05, 3.63) is 373 Å². The van der Waals surface area contributed by atoms with E-state index in [1.165, 1.54) is 138 Å². The lowest BCUT2D eigenvalue weighted by atomic mass is 9.97. The number of carbonyl (C=O) groups is 8. The lowest BCUT2D eigenvalue weighted by molar-refractivity contribution is -0.124. The number of aromatic hydroxyl groups is 4. The molecular weight excluding hydrogens is 1870 g/mol. The topological polar surface area (TPSA) is 291 Å². The maximum absolute atomic E-state index is 14.8. The molecule has 0 aliphatic rings. The molecule has 0 atom stereocenters. The Balaban J connectivity index is 0.000000155. The number of rotatable bonds is 28. The van der Waals surface area contributed by atoms with Gasteiger partial charge in [0.05, 0.1) is 25.0 Å². The zero-order valence-corrected chi connectivity index (χ0v) is 78.1. The number of ether oxygens (including phenoxy) is 8. The van der Waals surface area contributed by atoms with Crippen molar-refractivity contribution in [2.24, 2.45) is 0 Å². The van der Waals surface area contributed by atoms with Gasteiger partial charge in [0.1, 0.15) is 77.3 Å². The number of halogens is 7. The van der Waals surface area contributed by atoms with Crippen LogP contribution in [0.5, 0.6) is 69.0 Å². The van der Waals surface area contributed by atoms with Crippen LogP contribution in [0, 0.1) is 117 Å². The Morgan fingerprint density at radius 2 is 0.500 bits per heavy atom. The fourth-order valence-corrected chi connectivity index (χ4v) is 19.8. The third kappa shape index (κ3) is 22.6. The van der Waals surface area contributed by atoms with Crippen LogP contribution in [0.1, 0.15) is 144 Å². The molecule has 138 heavy (non-hydrogen) atoms. The Morgan fingerprint density at radius 3 is 0.790 bits per heavy atom. The van der Waals surface area contributed by atoms with Crippen molar-refractivity contribution in [2.75, 3.05) is 0 Å². The zero-order valence-electron chi connectivity index (χ0n) is 74.8. The number of ketones is 4. The van der Waals surface area contributed by atoms with E-state index in [0.717, 1.165) is 75.1 Å². The molecule has 16 aromatic rings. The second-order valence-corrected chi connectivity index (χ2v) is 35.5.